The van der Waals surface area contributed by atoms with E-state index < -0.39 is 0 Å². The van der Waals surface area contributed by atoms with Crippen LogP contribution in [0.2, 0.25) is 0 Å². The monoisotopic (exact) mass is 232 g/mol. The molecule has 0 amide bonds. The normalized spacial score (nSPS) is 18.6. The number of nitrogens with zero attached hydrogens (tertiary/aromatic N) is 1. The maximum atomic E-state index is 6.01. The maximum Gasteiger partial charge on any atom is 0.170 e. The maximum absolute atomic E-state index is 6.01. The Morgan fingerprint density at radius 1 is 1.29 bits per heavy atom. The van der Waals surface area contributed by atoms with Crippen LogP contribution in [0.5, 0.6) is 5.75 Å². The third-order valence-electron chi connectivity index (χ3n) is 2.95. The molecule has 92 valence electrons. The molecule has 0 saturated heterocycles. The van der Waals surface area contributed by atoms with Crippen LogP contribution in [0.1, 0.15) is 18.4 Å². The smallest absolute Gasteiger partial charge is 0.170 e. The molecule has 1 aromatic rings. The Morgan fingerprint density at radius 2 is 2.06 bits per heavy atom. The molecule has 0 spiro atoms. The lowest BCUT2D eigenvalue weighted by molar-refractivity contribution is 0.235. The van der Waals surface area contributed by atoms with Crippen molar-refractivity contribution in [1.29, 1.82) is 0 Å². The van der Waals surface area contributed by atoms with Crippen molar-refractivity contribution in [1.82, 2.24) is 4.90 Å². The second kappa shape index (κ2) is 5.34. The second-order valence-electron chi connectivity index (χ2n) is 4.70. The predicted octanol–water partition coefficient (Wildman–Crippen LogP) is 2.09. The van der Waals surface area contributed by atoms with E-state index in [0.717, 1.165) is 30.7 Å². The van der Waals surface area contributed by atoms with Crippen LogP contribution in [0, 0.1) is 0 Å². The van der Waals surface area contributed by atoms with E-state index in [2.05, 4.69) is 31.1 Å². The summed E-state index contributed by atoms with van der Waals surface area (Å²) in [6.45, 7) is 1.08. The van der Waals surface area contributed by atoms with Gasteiger partial charge in [0.05, 0.1) is 0 Å². The summed E-state index contributed by atoms with van der Waals surface area (Å²) in [6.07, 6.45) is 3.98. The van der Waals surface area contributed by atoms with Crippen molar-refractivity contribution in [2.75, 3.05) is 20.6 Å². The highest BCUT2D eigenvalue weighted by molar-refractivity contribution is 5.62. The largest absolute Gasteiger partial charge is 0.471 e. The number of para-hydroxylation sites is 1. The van der Waals surface area contributed by atoms with Gasteiger partial charge in [0, 0.05) is 5.56 Å². The zero-order valence-electron chi connectivity index (χ0n) is 10.5. The molecule has 1 unspecified atom stereocenters. The molecule has 1 heterocycles. The molecule has 0 aliphatic carbocycles. The van der Waals surface area contributed by atoms with Gasteiger partial charge in [0.25, 0.3) is 0 Å². The fraction of sp³-hybridized carbons (Fsp3) is 0.429. The minimum Gasteiger partial charge on any atom is -0.471 e. The molecular weight excluding hydrogens is 212 g/mol. The third kappa shape index (κ3) is 3.08. The number of ether oxygens (including phenoxy) is 1. The van der Waals surface area contributed by atoms with E-state index >= 15 is 0 Å². The van der Waals surface area contributed by atoms with E-state index in [9.17, 15) is 0 Å². The van der Waals surface area contributed by atoms with E-state index in [1.54, 1.807) is 0 Å². The Hall–Kier alpha value is -1.32. The molecule has 17 heavy (non-hydrogen) atoms. The highest BCUT2D eigenvalue weighted by atomic mass is 16.5. The molecule has 3 nitrogen and oxygen atoms in total. The molecule has 3 heteroatoms. The minimum absolute atomic E-state index is 0.285. The molecular formula is C14H20N2O. The van der Waals surface area contributed by atoms with Gasteiger partial charge in [0.1, 0.15) is 5.75 Å². The standard InChI is InChI=1S/C14H20N2O/c1-16(2)9-5-7-12-10-11-6-3-4-8-13(11)17-14(12)15/h3-4,6,8,10,14H,5,7,9,15H2,1-2H3. The van der Waals surface area contributed by atoms with Crippen molar-refractivity contribution < 1.29 is 4.74 Å². The number of benzene rings is 1. The summed E-state index contributed by atoms with van der Waals surface area (Å²) in [7, 11) is 4.17. The summed E-state index contributed by atoms with van der Waals surface area (Å²) in [4.78, 5) is 2.18. The zero-order valence-corrected chi connectivity index (χ0v) is 10.5. The van der Waals surface area contributed by atoms with Gasteiger partial charge in [-0.05, 0) is 51.2 Å². The Labute approximate surface area is 103 Å². The summed E-state index contributed by atoms with van der Waals surface area (Å²) in [5, 5.41) is 0. The van der Waals surface area contributed by atoms with Crippen molar-refractivity contribution >= 4 is 6.08 Å². The Balaban J connectivity index is 2.05. The van der Waals surface area contributed by atoms with Crippen LogP contribution in [-0.4, -0.2) is 31.8 Å². The lowest BCUT2D eigenvalue weighted by Gasteiger charge is -2.24. The molecule has 0 saturated carbocycles. The molecule has 0 aromatic heterocycles. The van der Waals surface area contributed by atoms with E-state index in [1.807, 2.05) is 18.2 Å². The number of rotatable bonds is 4. The first kappa shape index (κ1) is 12.1. The van der Waals surface area contributed by atoms with E-state index in [-0.39, 0.29) is 6.23 Å². The Bertz CT molecular complexity index is 412. The fourth-order valence-electron chi connectivity index (χ4n) is 2.02. The average Bonchev–Trinajstić information content (AvgIpc) is 2.29. The van der Waals surface area contributed by atoms with E-state index in [0.29, 0.717) is 0 Å². The van der Waals surface area contributed by atoms with Gasteiger partial charge < -0.3 is 9.64 Å². The second-order valence-corrected chi connectivity index (χ2v) is 4.70. The molecule has 1 aliphatic rings. The van der Waals surface area contributed by atoms with Crippen molar-refractivity contribution in [3.05, 3.63) is 35.4 Å². The van der Waals surface area contributed by atoms with Crippen LogP contribution < -0.4 is 10.5 Å². The number of fused-ring (bicyclic) bond motifs is 1. The van der Waals surface area contributed by atoms with E-state index in [1.165, 1.54) is 5.57 Å². The Kier molecular flexibility index (Phi) is 3.82. The topological polar surface area (TPSA) is 38.5 Å². The van der Waals surface area contributed by atoms with Gasteiger partial charge in [0.2, 0.25) is 0 Å². The summed E-state index contributed by atoms with van der Waals surface area (Å²) in [5.74, 6) is 0.886. The SMILES string of the molecule is CN(C)CCCC1=Cc2ccccc2OC1N. The zero-order chi connectivity index (χ0) is 12.3. The number of nitrogens with two attached hydrogens (primary N) is 1. The van der Waals surface area contributed by atoms with Crippen molar-refractivity contribution in [2.45, 2.75) is 19.1 Å². The highest BCUT2D eigenvalue weighted by Crippen LogP contribution is 2.29. The van der Waals surface area contributed by atoms with Gasteiger partial charge in [-0.15, -0.1) is 0 Å². The molecule has 0 fully saturated rings. The third-order valence-corrected chi connectivity index (χ3v) is 2.95. The number of hydrogen-bond acceptors (Lipinski definition) is 3. The molecule has 1 atom stereocenters. The van der Waals surface area contributed by atoms with Gasteiger partial charge in [-0.3, -0.25) is 5.73 Å². The quantitative estimate of drug-likeness (QED) is 0.864. The highest BCUT2D eigenvalue weighted by Gasteiger charge is 2.18. The summed E-state index contributed by atoms with van der Waals surface area (Å²) >= 11 is 0. The van der Waals surface area contributed by atoms with Crippen LogP contribution in [-0.2, 0) is 0 Å². The van der Waals surface area contributed by atoms with Crippen LogP contribution in [0.25, 0.3) is 6.08 Å². The molecule has 2 N–H and O–H groups in total. The van der Waals surface area contributed by atoms with Crippen molar-refractivity contribution in [3.8, 4) is 5.75 Å². The fourth-order valence-corrected chi connectivity index (χ4v) is 2.02. The molecule has 1 aromatic carbocycles. The van der Waals surface area contributed by atoms with Crippen molar-refractivity contribution in [2.24, 2.45) is 5.73 Å². The number of hydrogen-bond donors (Lipinski definition) is 1. The first-order chi connectivity index (χ1) is 8.16. The lowest BCUT2D eigenvalue weighted by atomic mass is 10.0. The molecule has 2 rings (SSSR count). The summed E-state index contributed by atoms with van der Waals surface area (Å²) in [6, 6.07) is 8.01. The Morgan fingerprint density at radius 3 is 2.82 bits per heavy atom. The van der Waals surface area contributed by atoms with Gasteiger partial charge in [-0.1, -0.05) is 18.2 Å². The predicted molar refractivity (Wildman–Crippen MR) is 70.8 cm³/mol. The minimum atomic E-state index is -0.285. The molecule has 1 aliphatic heterocycles. The van der Waals surface area contributed by atoms with Crippen LogP contribution in [0.3, 0.4) is 0 Å². The van der Waals surface area contributed by atoms with Crippen LogP contribution in [0.15, 0.2) is 29.8 Å². The average molecular weight is 232 g/mol. The van der Waals surface area contributed by atoms with Crippen molar-refractivity contribution in [3.63, 3.8) is 0 Å². The van der Waals surface area contributed by atoms with Crippen LogP contribution in [0.4, 0.5) is 0 Å². The summed E-state index contributed by atoms with van der Waals surface area (Å²) in [5.41, 5.74) is 8.33. The van der Waals surface area contributed by atoms with Gasteiger partial charge in [-0.25, -0.2) is 0 Å². The van der Waals surface area contributed by atoms with E-state index in [4.69, 9.17) is 10.5 Å². The molecule has 0 radical (unpaired) electrons. The van der Waals surface area contributed by atoms with Crippen LogP contribution >= 0.6 is 0 Å². The van der Waals surface area contributed by atoms with Gasteiger partial charge >= 0.3 is 0 Å². The molecule has 0 bridgehead atoms. The van der Waals surface area contributed by atoms with Gasteiger partial charge in [-0.2, -0.15) is 0 Å². The first-order valence-electron chi connectivity index (χ1n) is 6.03. The summed E-state index contributed by atoms with van der Waals surface area (Å²) < 4.78 is 5.70. The first-order valence-corrected chi connectivity index (χ1v) is 6.03. The van der Waals surface area contributed by atoms with Gasteiger partial charge in [0.15, 0.2) is 6.23 Å². The lowest BCUT2D eigenvalue weighted by Crippen LogP contribution is -2.32.